The van der Waals surface area contributed by atoms with Gasteiger partial charge < -0.3 is 33.9 Å². The van der Waals surface area contributed by atoms with E-state index in [4.69, 9.17) is 19.6 Å². The first-order chi connectivity index (χ1) is 12.3. The molecule has 0 bridgehead atoms. The third-order valence-electron chi connectivity index (χ3n) is 2.97. The van der Waals surface area contributed by atoms with E-state index in [1.807, 2.05) is 0 Å². The Morgan fingerprint density at radius 3 is 1.71 bits per heavy atom. The van der Waals surface area contributed by atoms with E-state index in [-0.39, 0.29) is 6.20 Å². The van der Waals surface area contributed by atoms with E-state index in [1.165, 1.54) is 0 Å². The average molecular weight is 487 g/mol. The molecule has 16 nitrogen and oxygen atoms in total. The number of rotatable bonds is 8. The van der Waals surface area contributed by atoms with Crippen molar-refractivity contribution in [1.82, 2.24) is 4.98 Å². The van der Waals surface area contributed by atoms with Gasteiger partial charge in [-0.05, 0) is 6.92 Å². The Labute approximate surface area is 155 Å². The predicted octanol–water partition coefficient (Wildman–Crippen LogP) is -0.751. The molecule has 0 amide bonds. The average Bonchev–Trinajstić information content (AvgIpc) is 2.42. The van der Waals surface area contributed by atoms with Crippen LogP contribution in [0, 0.1) is 6.92 Å². The van der Waals surface area contributed by atoms with Gasteiger partial charge in [0.25, 0.3) is 0 Å². The van der Waals surface area contributed by atoms with Crippen LogP contribution in [0.5, 0.6) is 5.75 Å². The van der Waals surface area contributed by atoms with Crippen molar-refractivity contribution >= 4 is 37.1 Å². The summed E-state index contributed by atoms with van der Waals surface area (Å²) in [5, 5.41) is -4.46. The van der Waals surface area contributed by atoms with Gasteiger partial charge in [-0.25, -0.2) is 13.7 Å². The van der Waals surface area contributed by atoms with Gasteiger partial charge >= 0.3 is 35.9 Å². The van der Waals surface area contributed by atoms with Gasteiger partial charge in [0.05, 0.1) is 11.3 Å². The summed E-state index contributed by atoms with van der Waals surface area (Å²) in [5.41, 5.74) is -3.37. The first kappa shape index (κ1) is 25.2. The standard InChI is InChI=1S/C8H13NO15P4/c1-4-7(23-27(17,18)19)5(3-10)6(2-9-4)8(25(11,12)13,26(14,15)16)24-28(20,21)22/h2-3H,1H3,(H2,11,12,13)(H2,14,15,16)(H2,17,18,19)(H2,20,21,22). The fourth-order valence-electron chi connectivity index (χ4n) is 2.02. The number of pyridine rings is 1. The van der Waals surface area contributed by atoms with Crippen LogP contribution in [-0.4, -0.2) is 50.4 Å². The number of aryl methyl sites for hydroxylation is 1. The van der Waals surface area contributed by atoms with Gasteiger partial charge in [-0.1, -0.05) is 0 Å². The van der Waals surface area contributed by atoms with Gasteiger partial charge in [-0.2, -0.15) is 0 Å². The van der Waals surface area contributed by atoms with Gasteiger partial charge in [-0.15, -0.1) is 0 Å². The molecule has 0 spiro atoms. The lowest BCUT2D eigenvalue weighted by Gasteiger charge is -2.35. The molecule has 0 unspecified atom stereocenters. The number of phosphoric acid groups is 2. The predicted molar refractivity (Wildman–Crippen MR) is 85.9 cm³/mol. The van der Waals surface area contributed by atoms with Crippen LogP contribution in [0.15, 0.2) is 6.20 Å². The van der Waals surface area contributed by atoms with Crippen LogP contribution in [0.1, 0.15) is 21.6 Å². The molecule has 8 N–H and O–H groups in total. The second-order valence-electron chi connectivity index (χ2n) is 4.98. The summed E-state index contributed by atoms with van der Waals surface area (Å²) in [5.74, 6) is -1.17. The van der Waals surface area contributed by atoms with Crippen molar-refractivity contribution in [3.63, 3.8) is 0 Å². The largest absolute Gasteiger partial charge is 0.524 e. The lowest BCUT2D eigenvalue weighted by atomic mass is 10.1. The van der Waals surface area contributed by atoms with E-state index in [0.717, 1.165) is 6.92 Å². The third-order valence-corrected chi connectivity index (χ3v) is 7.99. The minimum absolute atomic E-state index is 0.222. The van der Waals surface area contributed by atoms with Crippen molar-refractivity contribution < 1.29 is 71.2 Å². The van der Waals surface area contributed by atoms with Crippen LogP contribution in [0.2, 0.25) is 0 Å². The number of carbonyl (C=O) groups is 1. The number of hydrogen-bond acceptors (Lipinski definition) is 8. The number of carbonyl (C=O) groups excluding carboxylic acids is 1. The van der Waals surface area contributed by atoms with E-state index < -0.39 is 64.8 Å². The molecule has 0 saturated carbocycles. The van der Waals surface area contributed by atoms with Crippen molar-refractivity contribution in [2.45, 2.75) is 12.0 Å². The highest BCUT2D eigenvalue weighted by molar-refractivity contribution is 7.72. The Hall–Kier alpha value is -0.820. The molecular formula is C8H13NO15P4. The van der Waals surface area contributed by atoms with E-state index >= 15 is 0 Å². The zero-order chi connectivity index (χ0) is 22.3. The number of hydrogen-bond donors (Lipinski definition) is 8. The summed E-state index contributed by atoms with van der Waals surface area (Å²) in [6.45, 7) is 0.988. The van der Waals surface area contributed by atoms with Crippen molar-refractivity contribution in [2.24, 2.45) is 0 Å². The van der Waals surface area contributed by atoms with Gasteiger partial charge in [0, 0.05) is 11.8 Å². The summed E-state index contributed by atoms with van der Waals surface area (Å²) >= 11 is 0. The van der Waals surface area contributed by atoms with Gasteiger partial charge in [-0.3, -0.25) is 28.7 Å². The maximum absolute atomic E-state index is 11.9. The Morgan fingerprint density at radius 2 is 1.39 bits per heavy atom. The van der Waals surface area contributed by atoms with Crippen molar-refractivity contribution in [3.05, 3.63) is 23.0 Å². The van der Waals surface area contributed by atoms with E-state index in [9.17, 15) is 42.6 Å². The molecule has 28 heavy (non-hydrogen) atoms. The topological polar surface area (TPSA) is 279 Å². The van der Waals surface area contributed by atoms with Crippen LogP contribution in [0.4, 0.5) is 0 Å². The molecule has 0 aromatic carbocycles. The first-order valence-electron chi connectivity index (χ1n) is 6.35. The molecule has 1 aromatic rings. The highest BCUT2D eigenvalue weighted by Crippen LogP contribution is 2.78. The maximum Gasteiger partial charge on any atom is 0.524 e. The SMILES string of the molecule is Cc1ncc(C(OP(=O)(O)O)(P(=O)(O)O)P(=O)(O)O)c(C=O)c1OP(=O)(O)O. The molecule has 0 aliphatic heterocycles. The summed E-state index contributed by atoms with van der Waals surface area (Å²) < 4.78 is 54.1. The second-order valence-corrected chi connectivity index (χ2v) is 11.1. The van der Waals surface area contributed by atoms with Gasteiger partial charge in [0.15, 0.2) is 12.0 Å². The van der Waals surface area contributed by atoms with Gasteiger partial charge in [0.2, 0.25) is 0 Å². The number of phosphoric ester groups is 2. The van der Waals surface area contributed by atoms with Crippen LogP contribution >= 0.6 is 30.8 Å². The highest BCUT2D eigenvalue weighted by atomic mass is 31.2. The quantitative estimate of drug-likeness (QED) is 0.165. The smallest absolute Gasteiger partial charge is 0.402 e. The highest BCUT2D eigenvalue weighted by Gasteiger charge is 2.67. The Morgan fingerprint density at radius 1 is 0.929 bits per heavy atom. The monoisotopic (exact) mass is 487 g/mol. The van der Waals surface area contributed by atoms with Crippen LogP contribution in [-0.2, 0) is 27.9 Å². The first-order valence-corrected chi connectivity index (χ1v) is 12.6. The Balaban J connectivity index is 4.17. The molecule has 1 heterocycles. The summed E-state index contributed by atoms with van der Waals surface area (Å²) in [4.78, 5) is 88.5. The van der Waals surface area contributed by atoms with Crippen molar-refractivity contribution in [3.8, 4) is 5.75 Å². The summed E-state index contributed by atoms with van der Waals surface area (Å²) in [6, 6.07) is 0. The zero-order valence-corrected chi connectivity index (χ0v) is 16.9. The van der Waals surface area contributed by atoms with E-state index in [0.29, 0.717) is 0 Å². The molecule has 0 aliphatic rings. The van der Waals surface area contributed by atoms with Crippen LogP contribution in [0.3, 0.4) is 0 Å². The Bertz CT molecular complexity index is 942. The molecule has 0 fully saturated rings. The molecule has 0 atom stereocenters. The van der Waals surface area contributed by atoms with Crippen LogP contribution in [0.25, 0.3) is 0 Å². The normalized spacial score (nSPS) is 14.0. The number of nitrogens with zero attached hydrogens (tertiary/aromatic N) is 1. The third kappa shape index (κ3) is 5.21. The molecule has 1 aromatic heterocycles. The lowest BCUT2D eigenvalue weighted by molar-refractivity contribution is 0.102. The molecule has 1 rings (SSSR count). The molecule has 0 saturated heterocycles. The Kier molecular flexibility index (Phi) is 7.01. The second kappa shape index (κ2) is 7.78. The van der Waals surface area contributed by atoms with E-state index in [2.05, 4.69) is 14.0 Å². The van der Waals surface area contributed by atoms with Crippen LogP contribution < -0.4 is 4.52 Å². The van der Waals surface area contributed by atoms with Crippen molar-refractivity contribution in [2.75, 3.05) is 0 Å². The summed E-state index contributed by atoms with van der Waals surface area (Å²) in [7, 11) is -24.3. The minimum atomic E-state index is -6.40. The number of aromatic nitrogens is 1. The van der Waals surface area contributed by atoms with Crippen molar-refractivity contribution in [1.29, 1.82) is 0 Å². The molecule has 160 valence electrons. The molecule has 0 radical (unpaired) electrons. The fourth-order valence-corrected chi connectivity index (χ4v) is 6.75. The molecule has 0 aliphatic carbocycles. The lowest BCUT2D eigenvalue weighted by Crippen LogP contribution is -2.31. The van der Waals surface area contributed by atoms with Gasteiger partial charge in [0.1, 0.15) is 0 Å². The molecular weight excluding hydrogens is 474 g/mol. The number of aldehydes is 1. The van der Waals surface area contributed by atoms with E-state index in [1.54, 1.807) is 0 Å². The minimum Gasteiger partial charge on any atom is -0.402 e. The zero-order valence-electron chi connectivity index (χ0n) is 13.3. The fraction of sp³-hybridized carbons (Fsp3) is 0.250. The summed E-state index contributed by atoms with van der Waals surface area (Å²) in [6.07, 6.45) is -0.169. The molecule has 20 heteroatoms. The maximum atomic E-state index is 11.9.